The van der Waals surface area contributed by atoms with Crippen molar-refractivity contribution in [3.8, 4) is 6.07 Å². The molecule has 6 heteroatoms. The van der Waals surface area contributed by atoms with Gasteiger partial charge in [0.1, 0.15) is 5.41 Å². The number of rotatable bonds is 2. The number of carbonyl (C=O) groups excluding carboxylic acids is 1. The van der Waals surface area contributed by atoms with Gasteiger partial charge in [0.05, 0.1) is 17.9 Å². The maximum Gasteiger partial charge on any atom is 0.240 e. The summed E-state index contributed by atoms with van der Waals surface area (Å²) in [5.41, 5.74) is -0.976. The number of sulfone groups is 1. The van der Waals surface area contributed by atoms with Crippen LogP contribution in [0.1, 0.15) is 38.5 Å². The summed E-state index contributed by atoms with van der Waals surface area (Å²) in [5.74, 6) is -0.413. The van der Waals surface area contributed by atoms with Crippen LogP contribution in [0.5, 0.6) is 0 Å². The van der Waals surface area contributed by atoms with Crippen LogP contribution in [0.3, 0.4) is 0 Å². The Bertz CT molecular complexity index is 523. The topological polar surface area (TPSA) is 87.0 Å². The van der Waals surface area contributed by atoms with Crippen LogP contribution in [0.25, 0.3) is 0 Å². The van der Waals surface area contributed by atoms with E-state index in [-0.39, 0.29) is 11.7 Å². The zero-order chi connectivity index (χ0) is 13.9. The summed E-state index contributed by atoms with van der Waals surface area (Å²) in [6.45, 7) is 0. The van der Waals surface area contributed by atoms with Gasteiger partial charge in [0.2, 0.25) is 5.91 Å². The van der Waals surface area contributed by atoms with E-state index in [0.29, 0.717) is 12.8 Å². The molecule has 0 bridgehead atoms. The highest BCUT2D eigenvalue weighted by Gasteiger charge is 2.40. The van der Waals surface area contributed by atoms with E-state index in [2.05, 4.69) is 11.4 Å². The smallest absolute Gasteiger partial charge is 0.240 e. The van der Waals surface area contributed by atoms with Gasteiger partial charge in [0.25, 0.3) is 0 Å². The summed E-state index contributed by atoms with van der Waals surface area (Å²) in [4.78, 5) is 12.3. The van der Waals surface area contributed by atoms with Crippen LogP contribution in [0.2, 0.25) is 0 Å². The minimum atomic E-state index is -3.18. The largest absolute Gasteiger partial charge is 0.347 e. The van der Waals surface area contributed by atoms with E-state index in [1.807, 2.05) is 0 Å². The molecule has 2 rings (SSSR count). The number of amides is 1. The van der Waals surface area contributed by atoms with E-state index in [1.54, 1.807) is 0 Å². The normalized spacial score (nSPS) is 28.3. The van der Waals surface area contributed by atoms with E-state index in [1.165, 1.54) is 6.08 Å². The molecule has 0 spiro atoms. The van der Waals surface area contributed by atoms with Crippen LogP contribution in [0, 0.1) is 16.7 Å². The van der Waals surface area contributed by atoms with Crippen LogP contribution >= 0.6 is 0 Å². The third kappa shape index (κ3) is 3.16. The van der Waals surface area contributed by atoms with E-state index >= 15 is 0 Å². The molecule has 0 aromatic rings. The molecule has 19 heavy (non-hydrogen) atoms. The maximum absolute atomic E-state index is 12.3. The molecule has 2 aliphatic rings. The number of hydrogen-bond donors (Lipinski definition) is 1. The van der Waals surface area contributed by atoms with Gasteiger partial charge in [0.15, 0.2) is 9.84 Å². The van der Waals surface area contributed by atoms with Crippen molar-refractivity contribution in [2.45, 2.75) is 44.6 Å². The first-order chi connectivity index (χ1) is 8.97. The van der Waals surface area contributed by atoms with Crippen LogP contribution in [0.15, 0.2) is 11.5 Å². The number of carbonyl (C=O) groups is 1. The Balaban J connectivity index is 2.06. The number of nitrogens with one attached hydrogen (secondary N) is 1. The van der Waals surface area contributed by atoms with Crippen molar-refractivity contribution in [1.82, 2.24) is 5.32 Å². The summed E-state index contributed by atoms with van der Waals surface area (Å²) >= 11 is 0. The van der Waals surface area contributed by atoms with Gasteiger partial charge in [-0.2, -0.15) is 5.26 Å². The Morgan fingerprint density at radius 1 is 1.26 bits per heavy atom. The van der Waals surface area contributed by atoms with Gasteiger partial charge in [0, 0.05) is 5.41 Å². The van der Waals surface area contributed by atoms with E-state index < -0.39 is 21.3 Å². The van der Waals surface area contributed by atoms with Crippen molar-refractivity contribution in [2.24, 2.45) is 5.41 Å². The molecule has 0 aromatic heterocycles. The molecule has 1 saturated carbocycles. The average Bonchev–Trinajstić information content (AvgIpc) is 2.59. The first-order valence-electron chi connectivity index (χ1n) is 6.61. The highest BCUT2D eigenvalue weighted by atomic mass is 32.2. The van der Waals surface area contributed by atoms with E-state index in [0.717, 1.165) is 31.1 Å². The molecule has 5 nitrogen and oxygen atoms in total. The molecule has 0 saturated heterocycles. The van der Waals surface area contributed by atoms with Gasteiger partial charge in [-0.05, 0) is 18.9 Å². The van der Waals surface area contributed by atoms with Crippen molar-refractivity contribution in [3.63, 3.8) is 0 Å². The fraction of sp³-hybridized carbons (Fsp3) is 0.692. The molecule has 1 fully saturated rings. The lowest BCUT2D eigenvalue weighted by Crippen LogP contribution is -2.45. The monoisotopic (exact) mass is 282 g/mol. The molecular weight excluding hydrogens is 264 g/mol. The second-order valence-corrected chi connectivity index (χ2v) is 7.28. The van der Waals surface area contributed by atoms with E-state index in [9.17, 15) is 18.5 Å². The van der Waals surface area contributed by atoms with Crippen molar-refractivity contribution >= 4 is 15.7 Å². The van der Waals surface area contributed by atoms with Crippen molar-refractivity contribution in [2.75, 3.05) is 5.75 Å². The first kappa shape index (κ1) is 14.1. The fourth-order valence-corrected chi connectivity index (χ4v) is 3.93. The minimum absolute atomic E-state index is 0.0970. The number of nitrogens with zero attached hydrogens (tertiary/aromatic N) is 1. The number of hydrogen-bond acceptors (Lipinski definition) is 4. The Kier molecular flexibility index (Phi) is 3.95. The quantitative estimate of drug-likeness (QED) is 0.773. The lowest BCUT2D eigenvalue weighted by atomic mass is 9.81. The summed E-state index contributed by atoms with van der Waals surface area (Å²) < 4.78 is 22.6. The molecule has 0 aromatic carbocycles. The van der Waals surface area contributed by atoms with Gasteiger partial charge in [-0.15, -0.1) is 0 Å². The molecular formula is C13H18N2O3S. The molecule has 1 aliphatic heterocycles. The lowest BCUT2D eigenvalue weighted by molar-refractivity contribution is -0.129. The summed E-state index contributed by atoms with van der Waals surface area (Å²) in [6.07, 6.45) is 6.47. The van der Waals surface area contributed by atoms with Crippen LogP contribution in [-0.2, 0) is 14.6 Å². The number of nitriles is 1. The fourth-order valence-electron chi connectivity index (χ4n) is 2.69. The van der Waals surface area contributed by atoms with Crippen LogP contribution in [-0.4, -0.2) is 26.1 Å². The molecule has 1 heterocycles. The zero-order valence-electron chi connectivity index (χ0n) is 10.8. The van der Waals surface area contributed by atoms with Gasteiger partial charge in [-0.1, -0.05) is 25.7 Å². The van der Waals surface area contributed by atoms with E-state index in [4.69, 9.17) is 0 Å². The lowest BCUT2D eigenvalue weighted by Gasteiger charge is -2.25. The molecule has 1 N–H and O–H groups in total. The summed E-state index contributed by atoms with van der Waals surface area (Å²) in [6, 6.07) is 1.67. The minimum Gasteiger partial charge on any atom is -0.347 e. The molecule has 1 amide bonds. The second-order valence-electron chi connectivity index (χ2n) is 5.35. The van der Waals surface area contributed by atoms with Crippen molar-refractivity contribution in [1.29, 1.82) is 5.26 Å². The van der Waals surface area contributed by atoms with Crippen molar-refractivity contribution in [3.05, 3.63) is 11.5 Å². The highest BCUT2D eigenvalue weighted by molar-refractivity contribution is 7.94. The predicted molar refractivity (Wildman–Crippen MR) is 70.6 cm³/mol. The van der Waals surface area contributed by atoms with Gasteiger partial charge in [-0.3, -0.25) is 4.79 Å². The van der Waals surface area contributed by atoms with Gasteiger partial charge >= 0.3 is 0 Å². The average molecular weight is 282 g/mol. The summed E-state index contributed by atoms with van der Waals surface area (Å²) in [7, 11) is -3.18. The van der Waals surface area contributed by atoms with Gasteiger partial charge in [-0.25, -0.2) is 8.42 Å². The second kappa shape index (κ2) is 5.33. The third-order valence-electron chi connectivity index (χ3n) is 3.85. The predicted octanol–water partition coefficient (Wildman–Crippen LogP) is 1.28. The van der Waals surface area contributed by atoms with Gasteiger partial charge < -0.3 is 5.32 Å². The standard InChI is InChI=1S/C13H18N2O3S/c14-10-13(6-3-1-2-4-7-13)12(16)15-11-5-8-19(17,18)9-11/h5,8,11H,1-4,6-7,9H2,(H,15,16). The highest BCUT2D eigenvalue weighted by Crippen LogP contribution is 2.35. The first-order valence-corrected chi connectivity index (χ1v) is 8.32. The molecule has 0 radical (unpaired) electrons. The molecule has 104 valence electrons. The molecule has 1 atom stereocenters. The molecule has 1 unspecified atom stereocenters. The third-order valence-corrected chi connectivity index (χ3v) is 5.25. The summed E-state index contributed by atoms with van der Waals surface area (Å²) in [5, 5.41) is 13.2. The SMILES string of the molecule is N#CC1(C(=O)NC2C=CS(=O)(=O)C2)CCCCCC1. The maximum atomic E-state index is 12.3. The Morgan fingerprint density at radius 3 is 2.37 bits per heavy atom. The van der Waals surface area contributed by atoms with Crippen molar-refractivity contribution < 1.29 is 13.2 Å². The molecule has 1 aliphatic carbocycles. The van der Waals surface area contributed by atoms with Crippen LogP contribution in [0.4, 0.5) is 0 Å². The Hall–Kier alpha value is -1.35. The Labute approximate surface area is 113 Å². The van der Waals surface area contributed by atoms with Crippen LogP contribution < -0.4 is 5.32 Å². The zero-order valence-corrected chi connectivity index (χ0v) is 11.6. The Morgan fingerprint density at radius 2 is 1.89 bits per heavy atom.